The van der Waals surface area contributed by atoms with Gasteiger partial charge in [-0.05, 0) is 47.9 Å². The number of hydrogen-bond acceptors (Lipinski definition) is 2. The fourth-order valence-corrected chi connectivity index (χ4v) is 3.42. The Labute approximate surface area is 126 Å². The summed E-state index contributed by atoms with van der Waals surface area (Å²) in [6, 6.07) is 16.9. The first-order valence-corrected chi connectivity index (χ1v) is 7.74. The highest BCUT2D eigenvalue weighted by Gasteiger charge is 2.30. The molecule has 0 heterocycles. The van der Waals surface area contributed by atoms with E-state index >= 15 is 0 Å². The second-order valence-electron chi connectivity index (χ2n) is 6.14. The van der Waals surface area contributed by atoms with Crippen LogP contribution in [0.15, 0.2) is 48.5 Å². The van der Waals surface area contributed by atoms with E-state index in [0.717, 1.165) is 12.0 Å². The van der Waals surface area contributed by atoms with Crippen molar-refractivity contribution >= 4 is 0 Å². The van der Waals surface area contributed by atoms with Crippen molar-refractivity contribution in [3.8, 4) is 0 Å². The third-order valence-corrected chi connectivity index (χ3v) is 4.78. The molecule has 1 aliphatic rings. The van der Waals surface area contributed by atoms with Gasteiger partial charge in [-0.2, -0.15) is 0 Å². The van der Waals surface area contributed by atoms with Crippen molar-refractivity contribution in [3.05, 3.63) is 70.8 Å². The van der Waals surface area contributed by atoms with Gasteiger partial charge in [0.1, 0.15) is 0 Å². The molecule has 1 unspecified atom stereocenters. The van der Waals surface area contributed by atoms with Gasteiger partial charge in [-0.15, -0.1) is 0 Å². The first kappa shape index (κ1) is 14.3. The van der Waals surface area contributed by atoms with E-state index in [2.05, 4.69) is 30.3 Å². The molecule has 110 valence electrons. The molecular formula is C19H23NO. The van der Waals surface area contributed by atoms with Crippen LogP contribution in [0.3, 0.4) is 0 Å². The summed E-state index contributed by atoms with van der Waals surface area (Å²) in [5.74, 6) is 0. The molecule has 21 heavy (non-hydrogen) atoms. The van der Waals surface area contributed by atoms with Gasteiger partial charge in [0.05, 0.1) is 6.61 Å². The van der Waals surface area contributed by atoms with Gasteiger partial charge in [0, 0.05) is 12.0 Å². The minimum atomic E-state index is -0.381. The highest BCUT2D eigenvalue weighted by atomic mass is 16.3. The predicted octanol–water partition coefficient (Wildman–Crippen LogP) is 2.61. The first-order valence-electron chi connectivity index (χ1n) is 7.74. The van der Waals surface area contributed by atoms with Gasteiger partial charge in [0.25, 0.3) is 0 Å². The Morgan fingerprint density at radius 3 is 2.48 bits per heavy atom. The topological polar surface area (TPSA) is 46.2 Å². The van der Waals surface area contributed by atoms with Crippen molar-refractivity contribution in [2.24, 2.45) is 5.73 Å². The van der Waals surface area contributed by atoms with Crippen LogP contribution in [0.2, 0.25) is 0 Å². The summed E-state index contributed by atoms with van der Waals surface area (Å²) in [6.45, 7) is 0.523. The zero-order chi connectivity index (χ0) is 14.7. The summed E-state index contributed by atoms with van der Waals surface area (Å²) in [7, 11) is 0. The van der Waals surface area contributed by atoms with Crippen molar-refractivity contribution in [2.45, 2.75) is 31.1 Å². The van der Waals surface area contributed by atoms with E-state index in [0.29, 0.717) is 6.54 Å². The maximum Gasteiger partial charge on any atom is 0.0543 e. The molecule has 3 N–H and O–H groups in total. The lowest BCUT2D eigenvalue weighted by molar-refractivity contribution is 0.196. The SMILES string of the molecule is NCC(CO)(Cc1ccc2c(c1)CCC2)c1ccccc1. The molecule has 1 atom stereocenters. The normalized spacial score (nSPS) is 16.5. The van der Waals surface area contributed by atoms with Crippen molar-refractivity contribution in [1.82, 2.24) is 0 Å². The van der Waals surface area contributed by atoms with E-state index in [9.17, 15) is 5.11 Å². The smallest absolute Gasteiger partial charge is 0.0543 e. The lowest BCUT2D eigenvalue weighted by atomic mass is 9.76. The van der Waals surface area contributed by atoms with E-state index < -0.39 is 0 Å². The number of nitrogens with two attached hydrogens (primary N) is 1. The lowest BCUT2D eigenvalue weighted by Gasteiger charge is -2.31. The molecule has 0 aromatic heterocycles. The summed E-state index contributed by atoms with van der Waals surface area (Å²) < 4.78 is 0. The van der Waals surface area contributed by atoms with E-state index in [1.165, 1.54) is 36.0 Å². The maximum absolute atomic E-state index is 10.0. The lowest BCUT2D eigenvalue weighted by Crippen LogP contribution is -2.41. The summed E-state index contributed by atoms with van der Waals surface area (Å²) >= 11 is 0. The third-order valence-electron chi connectivity index (χ3n) is 4.78. The van der Waals surface area contributed by atoms with Gasteiger partial charge in [-0.25, -0.2) is 0 Å². The predicted molar refractivity (Wildman–Crippen MR) is 86.4 cm³/mol. The zero-order valence-electron chi connectivity index (χ0n) is 12.4. The monoisotopic (exact) mass is 281 g/mol. The second kappa shape index (κ2) is 6.00. The van der Waals surface area contributed by atoms with E-state index in [4.69, 9.17) is 5.73 Å². The van der Waals surface area contributed by atoms with Gasteiger partial charge >= 0.3 is 0 Å². The van der Waals surface area contributed by atoms with Gasteiger partial charge in [0.2, 0.25) is 0 Å². The van der Waals surface area contributed by atoms with E-state index in [1.54, 1.807) is 0 Å². The quantitative estimate of drug-likeness (QED) is 0.885. The highest BCUT2D eigenvalue weighted by Crippen LogP contribution is 2.30. The van der Waals surface area contributed by atoms with Gasteiger partial charge in [0.15, 0.2) is 0 Å². The number of rotatable bonds is 5. The van der Waals surface area contributed by atoms with Crippen molar-refractivity contribution in [2.75, 3.05) is 13.2 Å². The fraction of sp³-hybridized carbons (Fsp3) is 0.368. The van der Waals surface area contributed by atoms with Crippen LogP contribution in [0.1, 0.15) is 28.7 Å². The molecule has 0 aliphatic heterocycles. The highest BCUT2D eigenvalue weighted by molar-refractivity contribution is 5.38. The summed E-state index contributed by atoms with van der Waals surface area (Å²) in [5, 5.41) is 10.0. The Hall–Kier alpha value is -1.64. The molecule has 0 fully saturated rings. The molecule has 3 rings (SSSR count). The van der Waals surface area contributed by atoms with Crippen LogP contribution in [-0.4, -0.2) is 18.3 Å². The van der Waals surface area contributed by atoms with E-state index in [1.807, 2.05) is 18.2 Å². The third kappa shape index (κ3) is 2.74. The average Bonchev–Trinajstić information content (AvgIpc) is 3.01. The molecule has 0 radical (unpaired) electrons. The van der Waals surface area contributed by atoms with Crippen molar-refractivity contribution in [3.63, 3.8) is 0 Å². The summed E-state index contributed by atoms with van der Waals surface area (Å²) in [5.41, 5.74) is 11.0. The Morgan fingerprint density at radius 1 is 1.00 bits per heavy atom. The maximum atomic E-state index is 10.0. The molecule has 0 amide bonds. The Kier molecular flexibility index (Phi) is 4.09. The number of aliphatic hydroxyl groups excluding tert-OH is 1. The van der Waals surface area contributed by atoms with Crippen LogP contribution < -0.4 is 5.73 Å². The largest absolute Gasteiger partial charge is 0.395 e. The molecule has 2 aromatic carbocycles. The fourth-order valence-electron chi connectivity index (χ4n) is 3.42. The molecule has 0 bridgehead atoms. The van der Waals surface area contributed by atoms with Gasteiger partial charge in [-0.3, -0.25) is 0 Å². The van der Waals surface area contributed by atoms with Crippen LogP contribution in [0.25, 0.3) is 0 Å². The molecule has 2 nitrogen and oxygen atoms in total. The number of fused-ring (bicyclic) bond motifs is 1. The Morgan fingerprint density at radius 2 is 1.76 bits per heavy atom. The van der Waals surface area contributed by atoms with Crippen LogP contribution in [-0.2, 0) is 24.7 Å². The minimum Gasteiger partial charge on any atom is -0.395 e. The average molecular weight is 281 g/mol. The minimum absolute atomic E-state index is 0.0740. The number of aliphatic hydroxyl groups is 1. The van der Waals surface area contributed by atoms with Crippen LogP contribution in [0, 0.1) is 0 Å². The summed E-state index contributed by atoms with van der Waals surface area (Å²) in [6.07, 6.45) is 4.44. The first-order chi connectivity index (χ1) is 10.3. The van der Waals surface area contributed by atoms with Crippen LogP contribution >= 0.6 is 0 Å². The van der Waals surface area contributed by atoms with Gasteiger partial charge in [-0.1, -0.05) is 48.5 Å². The molecule has 0 spiro atoms. The number of hydrogen-bond donors (Lipinski definition) is 2. The zero-order valence-corrected chi connectivity index (χ0v) is 12.4. The Balaban J connectivity index is 1.92. The molecular weight excluding hydrogens is 258 g/mol. The van der Waals surface area contributed by atoms with Crippen molar-refractivity contribution in [1.29, 1.82) is 0 Å². The summed E-state index contributed by atoms with van der Waals surface area (Å²) in [4.78, 5) is 0. The number of aryl methyl sites for hydroxylation is 2. The Bertz CT molecular complexity index is 602. The molecule has 0 saturated carbocycles. The molecule has 2 heteroatoms. The van der Waals surface area contributed by atoms with Gasteiger partial charge < -0.3 is 10.8 Å². The van der Waals surface area contributed by atoms with Crippen molar-refractivity contribution < 1.29 is 5.11 Å². The van der Waals surface area contributed by atoms with E-state index in [-0.39, 0.29) is 12.0 Å². The van der Waals surface area contributed by atoms with Crippen LogP contribution in [0.4, 0.5) is 0 Å². The molecule has 0 saturated heterocycles. The standard InChI is InChI=1S/C19H23NO/c20-13-19(14-21,18-7-2-1-3-8-18)12-15-9-10-16-5-4-6-17(16)11-15/h1-3,7-11,21H,4-6,12-14,20H2. The molecule has 1 aliphatic carbocycles. The molecule has 2 aromatic rings. The second-order valence-corrected chi connectivity index (χ2v) is 6.14. The number of benzene rings is 2. The van der Waals surface area contributed by atoms with Crippen LogP contribution in [0.5, 0.6) is 0 Å².